The van der Waals surface area contributed by atoms with E-state index in [4.69, 9.17) is 0 Å². The fraction of sp³-hybridized carbons (Fsp3) is 0.273. The van der Waals surface area contributed by atoms with Crippen LogP contribution in [-0.4, -0.2) is 30.8 Å². The van der Waals surface area contributed by atoms with Gasteiger partial charge in [0.15, 0.2) is 5.16 Å². The molecular weight excluding hydrogens is 252 g/mol. The summed E-state index contributed by atoms with van der Waals surface area (Å²) in [4.78, 5) is 15.5. The fourth-order valence-electron chi connectivity index (χ4n) is 1.59. The Labute approximate surface area is 108 Å². The molecule has 0 saturated carbocycles. The number of carboxylic acids is 1. The van der Waals surface area contributed by atoms with Crippen LogP contribution in [0.3, 0.4) is 0 Å². The normalized spacial score (nSPS) is 10.6. The van der Waals surface area contributed by atoms with Crippen LogP contribution >= 0.6 is 11.8 Å². The summed E-state index contributed by atoms with van der Waals surface area (Å²) in [5.74, 6) is -0.982. The van der Waals surface area contributed by atoms with E-state index in [1.807, 2.05) is 6.92 Å². The van der Waals surface area contributed by atoms with E-state index in [2.05, 4.69) is 15.2 Å². The number of aromatic nitrogens is 4. The summed E-state index contributed by atoms with van der Waals surface area (Å²) in [6.07, 6.45) is 1.56. The summed E-state index contributed by atoms with van der Waals surface area (Å²) in [6.45, 7) is 3.60. The Bertz CT molecular complexity index is 609. The van der Waals surface area contributed by atoms with E-state index in [1.165, 1.54) is 11.8 Å². The number of hydrogen-bond acceptors (Lipinski definition) is 5. The van der Waals surface area contributed by atoms with Gasteiger partial charge in [-0.3, -0.25) is 0 Å². The van der Waals surface area contributed by atoms with Gasteiger partial charge < -0.3 is 9.67 Å². The monoisotopic (exact) mass is 264 g/mol. The van der Waals surface area contributed by atoms with Gasteiger partial charge in [-0.1, -0.05) is 0 Å². The number of hydrogen-bond donors (Lipinski definition) is 1. The van der Waals surface area contributed by atoms with Crippen LogP contribution in [0.4, 0.5) is 0 Å². The zero-order valence-electron chi connectivity index (χ0n) is 10.2. The first-order valence-electron chi connectivity index (χ1n) is 5.22. The van der Waals surface area contributed by atoms with Crippen molar-refractivity contribution in [3.05, 3.63) is 29.2 Å². The van der Waals surface area contributed by atoms with E-state index in [1.54, 1.807) is 30.9 Å². The molecular formula is C11H12N4O2S. The van der Waals surface area contributed by atoms with Gasteiger partial charge in [-0.2, -0.15) is 0 Å². The molecule has 0 atom stereocenters. The molecule has 0 aliphatic rings. The number of aromatic carboxylic acids is 1. The Kier molecular flexibility index (Phi) is 3.33. The molecule has 2 aromatic heterocycles. The third-order valence-corrected chi connectivity index (χ3v) is 3.42. The molecule has 0 aliphatic heterocycles. The van der Waals surface area contributed by atoms with Crippen LogP contribution in [0.1, 0.15) is 21.6 Å². The minimum absolute atomic E-state index is 0.216. The molecule has 0 unspecified atom stereocenters. The Balaban J connectivity index is 2.49. The van der Waals surface area contributed by atoms with E-state index in [0.29, 0.717) is 15.7 Å². The van der Waals surface area contributed by atoms with Crippen molar-refractivity contribution in [2.45, 2.75) is 24.0 Å². The zero-order chi connectivity index (χ0) is 13.3. The molecule has 0 spiro atoms. The lowest BCUT2D eigenvalue weighted by atomic mass is 10.1. The van der Waals surface area contributed by atoms with Gasteiger partial charge in [0.05, 0.1) is 5.56 Å². The number of nitrogens with zero attached hydrogens (tertiary/aromatic N) is 4. The number of carboxylic acid groups (broad SMARTS) is 1. The predicted molar refractivity (Wildman–Crippen MR) is 65.8 cm³/mol. The van der Waals surface area contributed by atoms with Gasteiger partial charge >= 0.3 is 5.97 Å². The summed E-state index contributed by atoms with van der Waals surface area (Å²) >= 11 is 1.20. The summed E-state index contributed by atoms with van der Waals surface area (Å²) in [7, 11) is 1.80. The highest BCUT2D eigenvalue weighted by molar-refractivity contribution is 7.99. The van der Waals surface area contributed by atoms with Crippen molar-refractivity contribution in [2.24, 2.45) is 7.05 Å². The zero-order valence-corrected chi connectivity index (χ0v) is 11.0. The van der Waals surface area contributed by atoms with Crippen molar-refractivity contribution < 1.29 is 9.90 Å². The third-order valence-electron chi connectivity index (χ3n) is 2.38. The van der Waals surface area contributed by atoms with E-state index < -0.39 is 5.97 Å². The van der Waals surface area contributed by atoms with Gasteiger partial charge in [-0.05, 0) is 37.2 Å². The van der Waals surface area contributed by atoms with E-state index in [-0.39, 0.29) is 5.56 Å². The van der Waals surface area contributed by atoms with Crippen LogP contribution < -0.4 is 0 Å². The maximum absolute atomic E-state index is 11.3. The van der Waals surface area contributed by atoms with Crippen LogP contribution in [0.25, 0.3) is 0 Å². The standard InChI is InChI=1S/C11H12N4O2S/c1-6-4-7(2)13-9(8(6)10(16)17)18-11-14-12-5-15(11)3/h4-5H,1-3H3,(H,16,17). The molecule has 0 saturated heterocycles. The SMILES string of the molecule is Cc1cc(C)c(C(=O)O)c(Sc2nncn2C)n1. The van der Waals surface area contributed by atoms with E-state index in [0.717, 1.165) is 5.69 Å². The summed E-state index contributed by atoms with van der Waals surface area (Å²) in [6, 6.07) is 1.75. The largest absolute Gasteiger partial charge is 0.478 e. The Hall–Kier alpha value is -1.89. The average Bonchev–Trinajstić information content (AvgIpc) is 2.62. The van der Waals surface area contributed by atoms with Gasteiger partial charge in [0.25, 0.3) is 0 Å². The minimum Gasteiger partial charge on any atom is -0.478 e. The van der Waals surface area contributed by atoms with Crippen molar-refractivity contribution in [2.75, 3.05) is 0 Å². The molecule has 0 fully saturated rings. The molecule has 94 valence electrons. The van der Waals surface area contributed by atoms with Crippen LogP contribution in [-0.2, 0) is 7.05 Å². The Morgan fingerprint density at radius 1 is 1.44 bits per heavy atom. The molecule has 1 N–H and O–H groups in total. The minimum atomic E-state index is -0.982. The van der Waals surface area contributed by atoms with Gasteiger partial charge in [-0.25, -0.2) is 9.78 Å². The lowest BCUT2D eigenvalue weighted by molar-refractivity contribution is 0.0691. The molecule has 2 rings (SSSR count). The van der Waals surface area contributed by atoms with Gasteiger partial charge in [-0.15, -0.1) is 10.2 Å². The molecule has 7 heteroatoms. The molecule has 18 heavy (non-hydrogen) atoms. The van der Waals surface area contributed by atoms with Crippen LogP contribution in [0, 0.1) is 13.8 Å². The first-order valence-corrected chi connectivity index (χ1v) is 6.04. The molecule has 0 aromatic carbocycles. The summed E-state index contributed by atoms with van der Waals surface area (Å²) in [5, 5.41) is 18.0. The second kappa shape index (κ2) is 4.77. The summed E-state index contributed by atoms with van der Waals surface area (Å²) < 4.78 is 1.72. The Morgan fingerprint density at radius 2 is 2.17 bits per heavy atom. The number of carbonyl (C=O) groups is 1. The second-order valence-electron chi connectivity index (χ2n) is 3.89. The molecule has 6 nitrogen and oxygen atoms in total. The van der Waals surface area contributed by atoms with Gasteiger partial charge in [0, 0.05) is 12.7 Å². The van der Waals surface area contributed by atoms with Crippen molar-refractivity contribution in [3.8, 4) is 0 Å². The van der Waals surface area contributed by atoms with Crippen molar-refractivity contribution in [3.63, 3.8) is 0 Å². The van der Waals surface area contributed by atoms with Gasteiger partial charge in [0.2, 0.25) is 0 Å². The predicted octanol–water partition coefficient (Wildman–Crippen LogP) is 1.68. The lowest BCUT2D eigenvalue weighted by Gasteiger charge is -2.08. The first-order chi connectivity index (χ1) is 8.49. The topological polar surface area (TPSA) is 80.9 Å². The van der Waals surface area contributed by atoms with Crippen molar-refractivity contribution in [1.29, 1.82) is 0 Å². The highest BCUT2D eigenvalue weighted by Gasteiger charge is 2.18. The van der Waals surface area contributed by atoms with Crippen molar-refractivity contribution >= 4 is 17.7 Å². The van der Waals surface area contributed by atoms with Crippen LogP contribution in [0.2, 0.25) is 0 Å². The van der Waals surface area contributed by atoms with E-state index in [9.17, 15) is 9.90 Å². The third kappa shape index (κ3) is 2.35. The lowest BCUT2D eigenvalue weighted by Crippen LogP contribution is -2.06. The van der Waals surface area contributed by atoms with Crippen LogP contribution in [0.15, 0.2) is 22.6 Å². The molecule has 0 radical (unpaired) electrons. The van der Waals surface area contributed by atoms with Gasteiger partial charge in [0.1, 0.15) is 11.4 Å². The quantitative estimate of drug-likeness (QED) is 0.908. The number of pyridine rings is 1. The maximum atomic E-state index is 11.3. The highest BCUT2D eigenvalue weighted by atomic mass is 32.2. The number of rotatable bonds is 3. The second-order valence-corrected chi connectivity index (χ2v) is 4.85. The Morgan fingerprint density at radius 3 is 2.72 bits per heavy atom. The molecule has 0 amide bonds. The fourth-order valence-corrected chi connectivity index (χ4v) is 2.58. The van der Waals surface area contributed by atoms with Crippen LogP contribution in [0.5, 0.6) is 0 Å². The summed E-state index contributed by atoms with van der Waals surface area (Å²) in [5.41, 5.74) is 1.69. The highest BCUT2D eigenvalue weighted by Crippen LogP contribution is 2.29. The van der Waals surface area contributed by atoms with E-state index >= 15 is 0 Å². The average molecular weight is 264 g/mol. The molecule has 2 heterocycles. The van der Waals surface area contributed by atoms with Crippen molar-refractivity contribution in [1.82, 2.24) is 19.7 Å². The smallest absolute Gasteiger partial charge is 0.338 e. The number of aryl methyl sites for hydroxylation is 3. The molecule has 0 bridgehead atoms. The first kappa shape index (κ1) is 12.6. The maximum Gasteiger partial charge on any atom is 0.338 e. The molecule has 0 aliphatic carbocycles. The molecule has 2 aromatic rings.